The summed E-state index contributed by atoms with van der Waals surface area (Å²) in [5.74, 6) is 5.72. The van der Waals surface area contributed by atoms with Gasteiger partial charge in [0.2, 0.25) is 13.3 Å². The van der Waals surface area contributed by atoms with Gasteiger partial charge in [0.25, 0.3) is 0 Å². The van der Waals surface area contributed by atoms with Crippen LogP contribution in [-0.4, -0.2) is 42.5 Å². The van der Waals surface area contributed by atoms with Crippen molar-refractivity contribution in [3.05, 3.63) is 15.8 Å². The lowest BCUT2D eigenvalue weighted by atomic mass is 9.82. The summed E-state index contributed by atoms with van der Waals surface area (Å²) in [5, 5.41) is 9.96. The van der Waals surface area contributed by atoms with Crippen molar-refractivity contribution >= 4 is 36.3 Å². The molecule has 1 amide bonds. The molecule has 182 valence electrons. The van der Waals surface area contributed by atoms with E-state index in [0.29, 0.717) is 41.6 Å². The minimum atomic E-state index is -2.66. The number of rotatable bonds is 5. The molecule has 3 rings (SSSR count). The second-order valence-corrected chi connectivity index (χ2v) is 14.4. The van der Waals surface area contributed by atoms with Gasteiger partial charge in [-0.1, -0.05) is 18.8 Å². The number of anilines is 1. The van der Waals surface area contributed by atoms with Crippen LogP contribution in [0.4, 0.5) is 5.69 Å². The number of hydrogen-bond donors (Lipinski definition) is 1. The second kappa shape index (κ2) is 10.3. The van der Waals surface area contributed by atoms with E-state index in [1.165, 1.54) is 7.11 Å². The lowest BCUT2D eigenvalue weighted by molar-refractivity contribution is -0.124. The number of carbonyl (C=O) groups excluding carboxylic acids is 1. The molecule has 1 aliphatic carbocycles. The van der Waals surface area contributed by atoms with E-state index >= 15 is 0 Å². The van der Waals surface area contributed by atoms with Crippen LogP contribution in [0.2, 0.25) is 0 Å². The average molecular weight is 494 g/mol. The number of carboxylic acids is 1. The highest BCUT2D eigenvalue weighted by molar-refractivity contribution is 7.59. The zero-order valence-electron chi connectivity index (χ0n) is 20.3. The number of carbonyl (C=O) groups is 2. The molecule has 6 nitrogen and oxygen atoms in total. The molecule has 0 radical (unpaired) electrons. The highest BCUT2D eigenvalue weighted by atomic mass is 32.1. The lowest BCUT2D eigenvalue weighted by Gasteiger charge is -2.39. The number of thiophene rings is 1. The summed E-state index contributed by atoms with van der Waals surface area (Å²) in [5.41, 5.74) is 0.223. The van der Waals surface area contributed by atoms with Crippen LogP contribution >= 0.6 is 18.7 Å². The van der Waals surface area contributed by atoms with Crippen LogP contribution in [0.3, 0.4) is 0 Å². The number of aromatic carboxylic acids is 1. The van der Waals surface area contributed by atoms with Crippen LogP contribution in [0.5, 0.6) is 0 Å². The Morgan fingerprint density at radius 1 is 1.15 bits per heavy atom. The highest BCUT2D eigenvalue weighted by Crippen LogP contribution is 2.52. The van der Waals surface area contributed by atoms with Gasteiger partial charge in [-0.3, -0.25) is 9.36 Å². The van der Waals surface area contributed by atoms with Gasteiger partial charge in [0, 0.05) is 36.8 Å². The van der Waals surface area contributed by atoms with Crippen LogP contribution < -0.4 is 4.90 Å². The molecule has 33 heavy (non-hydrogen) atoms. The molecule has 0 bridgehead atoms. The minimum absolute atomic E-state index is 0.00307. The summed E-state index contributed by atoms with van der Waals surface area (Å²) in [7, 11) is -1.18. The third-order valence-electron chi connectivity index (χ3n) is 6.63. The van der Waals surface area contributed by atoms with Crippen molar-refractivity contribution in [2.24, 2.45) is 17.3 Å². The van der Waals surface area contributed by atoms with Gasteiger partial charge in [-0.05, 0) is 71.3 Å². The zero-order valence-corrected chi connectivity index (χ0v) is 22.1. The van der Waals surface area contributed by atoms with Crippen molar-refractivity contribution in [1.82, 2.24) is 0 Å². The topological polar surface area (TPSA) is 83.9 Å². The molecule has 1 saturated carbocycles. The monoisotopic (exact) mass is 493 g/mol. The SMILES string of the molecule is COP1(=O)CCC(N(c2cc(C#CC(C)(C)C)sc2C(=O)O)C(=O)[C@H]2CC[C@H](C)CC2)CC1. The molecule has 0 aromatic carbocycles. The Morgan fingerprint density at radius 2 is 1.76 bits per heavy atom. The summed E-state index contributed by atoms with van der Waals surface area (Å²) in [6.45, 7) is 8.22. The average Bonchev–Trinajstić information content (AvgIpc) is 3.18. The van der Waals surface area contributed by atoms with Crippen LogP contribution in [0.25, 0.3) is 0 Å². The largest absolute Gasteiger partial charge is 0.477 e. The summed E-state index contributed by atoms with van der Waals surface area (Å²) < 4.78 is 18.0. The van der Waals surface area contributed by atoms with E-state index in [2.05, 4.69) is 18.8 Å². The zero-order chi connectivity index (χ0) is 24.4. The molecule has 1 aromatic heterocycles. The first kappa shape index (κ1) is 26.0. The van der Waals surface area contributed by atoms with E-state index in [0.717, 1.165) is 37.0 Å². The molecule has 2 fully saturated rings. The molecule has 0 spiro atoms. The fraction of sp³-hybridized carbons (Fsp3) is 0.680. The Kier molecular flexibility index (Phi) is 8.15. The smallest absolute Gasteiger partial charge is 0.348 e. The van der Waals surface area contributed by atoms with E-state index < -0.39 is 13.3 Å². The molecule has 8 heteroatoms. The molecule has 0 unspecified atom stereocenters. The van der Waals surface area contributed by atoms with Gasteiger partial charge in [0.05, 0.1) is 10.6 Å². The first-order chi connectivity index (χ1) is 15.4. The molecule has 1 aromatic rings. The van der Waals surface area contributed by atoms with Crippen LogP contribution in [0.15, 0.2) is 6.07 Å². The first-order valence-electron chi connectivity index (χ1n) is 11.8. The van der Waals surface area contributed by atoms with Crippen molar-refractivity contribution in [1.29, 1.82) is 0 Å². The fourth-order valence-electron chi connectivity index (χ4n) is 4.61. The van der Waals surface area contributed by atoms with Crippen molar-refractivity contribution in [2.75, 3.05) is 24.3 Å². The third-order valence-corrected chi connectivity index (χ3v) is 10.2. The highest BCUT2D eigenvalue weighted by Gasteiger charge is 2.39. The molecular weight excluding hydrogens is 457 g/mol. The normalized spacial score (nSPS) is 28.0. The van der Waals surface area contributed by atoms with Gasteiger partial charge in [0.1, 0.15) is 4.88 Å². The number of hydrogen-bond acceptors (Lipinski definition) is 5. The second-order valence-electron chi connectivity index (χ2n) is 10.5. The van der Waals surface area contributed by atoms with Gasteiger partial charge < -0.3 is 14.5 Å². The summed E-state index contributed by atoms with van der Waals surface area (Å²) in [6, 6.07) is 1.57. The summed E-state index contributed by atoms with van der Waals surface area (Å²) >= 11 is 1.12. The van der Waals surface area contributed by atoms with Gasteiger partial charge >= 0.3 is 5.97 Å². The molecule has 2 aliphatic rings. The predicted octanol–water partition coefficient (Wildman–Crippen LogP) is 6.09. The van der Waals surface area contributed by atoms with Crippen molar-refractivity contribution < 1.29 is 23.8 Å². The fourth-order valence-corrected chi connectivity index (χ4v) is 7.43. The molecular formula is C25H36NO5PS. The number of amides is 1. The minimum Gasteiger partial charge on any atom is -0.477 e. The van der Waals surface area contributed by atoms with E-state index in [9.17, 15) is 19.3 Å². The Balaban J connectivity index is 2.00. The van der Waals surface area contributed by atoms with E-state index in [4.69, 9.17) is 4.52 Å². The van der Waals surface area contributed by atoms with Crippen molar-refractivity contribution in [3.63, 3.8) is 0 Å². The maximum absolute atomic E-state index is 13.8. The lowest BCUT2D eigenvalue weighted by Crippen LogP contribution is -2.47. The molecule has 1 N–H and O–H groups in total. The summed E-state index contributed by atoms with van der Waals surface area (Å²) in [6.07, 6.45) is 5.55. The predicted molar refractivity (Wildman–Crippen MR) is 134 cm³/mol. The number of carboxylic acid groups (broad SMARTS) is 1. The molecule has 1 saturated heterocycles. The molecule has 0 atom stereocenters. The summed E-state index contributed by atoms with van der Waals surface area (Å²) in [4.78, 5) is 28.5. The Bertz CT molecular complexity index is 979. The molecule has 1 aliphatic heterocycles. The van der Waals surface area contributed by atoms with E-state index in [1.807, 2.05) is 20.8 Å². The third kappa shape index (κ3) is 6.50. The van der Waals surface area contributed by atoms with Crippen molar-refractivity contribution in [3.8, 4) is 11.8 Å². The van der Waals surface area contributed by atoms with E-state index in [-0.39, 0.29) is 28.2 Å². The Hall–Kier alpha value is -1.61. The van der Waals surface area contributed by atoms with Gasteiger partial charge in [0.15, 0.2) is 0 Å². The standard InChI is InChI=1S/C25H36NO5PS/c1-17-6-8-18(9-7-17)23(27)26(19-11-14-32(30,31-5)15-12-19)21-16-20(10-13-25(2,3)4)33-22(21)24(28)29/h16-19H,6-9,11-12,14-15H2,1-5H3,(H,28,29)/t17-,18-,19?,32?. The van der Waals surface area contributed by atoms with Gasteiger partial charge in [-0.2, -0.15) is 0 Å². The van der Waals surface area contributed by atoms with E-state index in [1.54, 1.807) is 11.0 Å². The Morgan fingerprint density at radius 3 is 2.27 bits per heavy atom. The number of nitrogens with zero attached hydrogens (tertiary/aromatic N) is 1. The van der Waals surface area contributed by atoms with Gasteiger partial charge in [-0.15, -0.1) is 11.3 Å². The van der Waals surface area contributed by atoms with Crippen LogP contribution in [0.1, 0.15) is 80.8 Å². The first-order valence-corrected chi connectivity index (χ1v) is 14.6. The van der Waals surface area contributed by atoms with Gasteiger partial charge in [-0.25, -0.2) is 4.79 Å². The Labute approximate surface area is 201 Å². The van der Waals surface area contributed by atoms with Crippen LogP contribution in [-0.2, 0) is 13.9 Å². The van der Waals surface area contributed by atoms with Crippen LogP contribution in [0, 0.1) is 29.1 Å². The maximum Gasteiger partial charge on any atom is 0.348 e. The molecule has 2 heterocycles. The quantitative estimate of drug-likeness (QED) is 0.396. The van der Waals surface area contributed by atoms with Crippen molar-refractivity contribution in [2.45, 2.75) is 72.3 Å². The maximum atomic E-state index is 13.8.